The first-order chi connectivity index (χ1) is 12.9. The molecule has 0 unspecified atom stereocenters. The summed E-state index contributed by atoms with van der Waals surface area (Å²) >= 11 is 0. The molecule has 2 aromatic carbocycles. The lowest BCUT2D eigenvalue weighted by atomic mass is 10.00. The molecule has 134 valence electrons. The summed E-state index contributed by atoms with van der Waals surface area (Å²) in [5, 5.41) is 7.34. The molecule has 1 saturated heterocycles. The van der Waals surface area contributed by atoms with Gasteiger partial charge < -0.3 is 14.6 Å². The molecule has 1 aliphatic heterocycles. The Hall–Kier alpha value is -2.66. The first-order valence-electron chi connectivity index (χ1n) is 9.17. The van der Waals surface area contributed by atoms with E-state index in [1.807, 2.05) is 30.3 Å². The smallest absolute Gasteiger partial charge is 0.227 e. The van der Waals surface area contributed by atoms with Crippen LogP contribution in [0.3, 0.4) is 0 Å². The van der Waals surface area contributed by atoms with Crippen molar-refractivity contribution in [3.8, 4) is 17.1 Å². The molecule has 2 heterocycles. The van der Waals surface area contributed by atoms with Gasteiger partial charge >= 0.3 is 0 Å². The van der Waals surface area contributed by atoms with Crippen LogP contribution >= 0.6 is 0 Å². The molecular formula is C21H23N3O2. The summed E-state index contributed by atoms with van der Waals surface area (Å²) in [5.74, 6) is 2.84. The third-order valence-corrected chi connectivity index (χ3v) is 4.63. The molecule has 1 aromatic heterocycles. The van der Waals surface area contributed by atoms with Crippen LogP contribution in [-0.2, 0) is 12.8 Å². The van der Waals surface area contributed by atoms with Crippen LogP contribution in [0.15, 0.2) is 59.1 Å². The lowest BCUT2D eigenvalue weighted by Crippen LogP contribution is -2.43. The molecule has 1 fully saturated rings. The molecule has 4 rings (SSSR count). The van der Waals surface area contributed by atoms with Gasteiger partial charge in [-0.1, -0.05) is 35.5 Å². The van der Waals surface area contributed by atoms with Crippen LogP contribution in [0.2, 0.25) is 0 Å². The van der Waals surface area contributed by atoms with Gasteiger partial charge in [0.1, 0.15) is 5.75 Å². The summed E-state index contributed by atoms with van der Waals surface area (Å²) in [6.45, 7) is 2.78. The van der Waals surface area contributed by atoms with E-state index >= 15 is 0 Å². The zero-order valence-electron chi connectivity index (χ0n) is 14.7. The SMILES string of the molecule is c1ccc(CCCOc2ccc(-c3noc(CC4CNC4)n3)cc2)cc1. The van der Waals surface area contributed by atoms with Crippen LogP contribution in [0, 0.1) is 5.92 Å². The van der Waals surface area contributed by atoms with Crippen molar-refractivity contribution in [2.45, 2.75) is 19.3 Å². The van der Waals surface area contributed by atoms with E-state index in [1.165, 1.54) is 5.56 Å². The summed E-state index contributed by atoms with van der Waals surface area (Å²) in [4.78, 5) is 4.49. The molecule has 0 atom stereocenters. The zero-order chi connectivity index (χ0) is 17.6. The van der Waals surface area contributed by atoms with Crippen LogP contribution < -0.4 is 10.1 Å². The van der Waals surface area contributed by atoms with E-state index in [1.54, 1.807) is 0 Å². The molecule has 0 radical (unpaired) electrons. The van der Waals surface area contributed by atoms with Crippen molar-refractivity contribution in [2.75, 3.05) is 19.7 Å². The average molecular weight is 349 g/mol. The highest BCUT2D eigenvalue weighted by Gasteiger charge is 2.20. The maximum absolute atomic E-state index is 5.83. The number of ether oxygens (including phenoxy) is 1. The zero-order valence-corrected chi connectivity index (χ0v) is 14.7. The fourth-order valence-corrected chi connectivity index (χ4v) is 3.01. The number of aromatic nitrogens is 2. The number of benzene rings is 2. The predicted octanol–water partition coefficient (Wildman–Crippen LogP) is 3.51. The van der Waals surface area contributed by atoms with Crippen LogP contribution in [0.4, 0.5) is 0 Å². The van der Waals surface area contributed by atoms with Gasteiger partial charge in [-0.25, -0.2) is 0 Å². The van der Waals surface area contributed by atoms with Gasteiger partial charge in [0.25, 0.3) is 0 Å². The van der Waals surface area contributed by atoms with Gasteiger partial charge in [-0.05, 0) is 61.7 Å². The number of aryl methyl sites for hydroxylation is 1. The molecule has 5 heteroatoms. The van der Waals surface area contributed by atoms with Gasteiger partial charge in [-0.15, -0.1) is 0 Å². The summed E-state index contributed by atoms with van der Waals surface area (Å²) in [5.41, 5.74) is 2.29. The van der Waals surface area contributed by atoms with Crippen molar-refractivity contribution >= 4 is 0 Å². The summed E-state index contributed by atoms with van der Waals surface area (Å²) < 4.78 is 11.2. The number of hydrogen-bond acceptors (Lipinski definition) is 5. The molecule has 0 aliphatic carbocycles. The molecule has 0 spiro atoms. The largest absolute Gasteiger partial charge is 0.494 e. The van der Waals surface area contributed by atoms with Crippen LogP contribution in [0.5, 0.6) is 5.75 Å². The Morgan fingerprint density at radius 1 is 1.04 bits per heavy atom. The number of nitrogens with one attached hydrogen (secondary N) is 1. The minimum absolute atomic E-state index is 0.620. The predicted molar refractivity (Wildman–Crippen MR) is 100 cm³/mol. The van der Waals surface area contributed by atoms with E-state index < -0.39 is 0 Å². The molecule has 0 bridgehead atoms. The molecular weight excluding hydrogens is 326 g/mol. The van der Waals surface area contributed by atoms with Gasteiger partial charge in [0.15, 0.2) is 0 Å². The number of nitrogens with zero attached hydrogens (tertiary/aromatic N) is 2. The maximum Gasteiger partial charge on any atom is 0.227 e. The maximum atomic E-state index is 5.83. The van der Waals surface area contributed by atoms with Crippen molar-refractivity contribution in [1.82, 2.24) is 15.5 Å². The van der Waals surface area contributed by atoms with E-state index in [4.69, 9.17) is 9.26 Å². The van der Waals surface area contributed by atoms with Crippen molar-refractivity contribution in [3.63, 3.8) is 0 Å². The fraction of sp³-hybridized carbons (Fsp3) is 0.333. The summed E-state index contributed by atoms with van der Waals surface area (Å²) in [6.07, 6.45) is 2.87. The molecule has 0 saturated carbocycles. The summed E-state index contributed by atoms with van der Waals surface area (Å²) in [7, 11) is 0. The van der Waals surface area contributed by atoms with Gasteiger partial charge in [0, 0.05) is 12.0 Å². The molecule has 1 aliphatic rings. The standard InChI is InChI=1S/C21H23N3O2/c1-2-5-16(6-3-1)7-4-12-25-19-10-8-18(9-11-19)21-23-20(26-24-21)13-17-14-22-15-17/h1-3,5-6,8-11,17,22H,4,7,12-15H2. The first kappa shape index (κ1) is 16.8. The van der Waals surface area contributed by atoms with E-state index in [-0.39, 0.29) is 0 Å². The van der Waals surface area contributed by atoms with E-state index in [0.717, 1.165) is 43.7 Å². The van der Waals surface area contributed by atoms with Gasteiger partial charge in [-0.3, -0.25) is 0 Å². The highest BCUT2D eigenvalue weighted by molar-refractivity contribution is 5.55. The Bertz CT molecular complexity index is 811. The molecule has 3 aromatic rings. The average Bonchev–Trinajstić information content (AvgIpc) is 3.12. The molecule has 0 amide bonds. The van der Waals surface area contributed by atoms with E-state index in [9.17, 15) is 0 Å². The lowest BCUT2D eigenvalue weighted by Gasteiger charge is -2.25. The van der Waals surface area contributed by atoms with Crippen LogP contribution in [0.25, 0.3) is 11.4 Å². The second-order valence-electron chi connectivity index (χ2n) is 6.70. The number of hydrogen-bond donors (Lipinski definition) is 1. The van der Waals surface area contributed by atoms with Crippen molar-refractivity contribution in [3.05, 3.63) is 66.1 Å². The molecule has 5 nitrogen and oxygen atoms in total. The van der Waals surface area contributed by atoms with Crippen molar-refractivity contribution in [1.29, 1.82) is 0 Å². The monoisotopic (exact) mass is 349 g/mol. The third kappa shape index (κ3) is 4.29. The highest BCUT2D eigenvalue weighted by Crippen LogP contribution is 2.21. The molecule has 1 N–H and O–H groups in total. The second kappa shape index (κ2) is 8.15. The van der Waals surface area contributed by atoms with E-state index in [0.29, 0.717) is 24.2 Å². The Morgan fingerprint density at radius 2 is 1.85 bits per heavy atom. The lowest BCUT2D eigenvalue weighted by molar-refractivity contribution is 0.296. The Balaban J connectivity index is 1.26. The van der Waals surface area contributed by atoms with Gasteiger partial charge in [0.05, 0.1) is 6.61 Å². The van der Waals surface area contributed by atoms with Crippen LogP contribution in [0.1, 0.15) is 17.9 Å². The fourth-order valence-electron chi connectivity index (χ4n) is 3.01. The highest BCUT2D eigenvalue weighted by atomic mass is 16.5. The van der Waals surface area contributed by atoms with Gasteiger partial charge in [-0.2, -0.15) is 4.98 Å². The van der Waals surface area contributed by atoms with Crippen LogP contribution in [-0.4, -0.2) is 29.8 Å². The minimum atomic E-state index is 0.620. The van der Waals surface area contributed by atoms with Crippen molar-refractivity contribution in [2.24, 2.45) is 5.92 Å². The van der Waals surface area contributed by atoms with Crippen molar-refractivity contribution < 1.29 is 9.26 Å². The Labute approximate surface area is 153 Å². The quantitative estimate of drug-likeness (QED) is 0.631. The second-order valence-corrected chi connectivity index (χ2v) is 6.70. The minimum Gasteiger partial charge on any atom is -0.494 e. The normalized spacial score (nSPS) is 14.2. The molecule has 26 heavy (non-hydrogen) atoms. The van der Waals surface area contributed by atoms with E-state index in [2.05, 4.69) is 39.7 Å². The summed E-state index contributed by atoms with van der Waals surface area (Å²) in [6, 6.07) is 18.4. The Kier molecular flexibility index (Phi) is 5.26. The third-order valence-electron chi connectivity index (χ3n) is 4.63. The first-order valence-corrected chi connectivity index (χ1v) is 9.17. The Morgan fingerprint density at radius 3 is 2.58 bits per heavy atom. The topological polar surface area (TPSA) is 60.2 Å². The number of rotatable bonds is 8. The van der Waals surface area contributed by atoms with Gasteiger partial charge in [0.2, 0.25) is 11.7 Å².